The Labute approximate surface area is 122 Å². The molecular formula is C17H16N2O2. The molecule has 21 heavy (non-hydrogen) atoms. The minimum atomic E-state index is -0.0940. The van der Waals surface area contributed by atoms with Crippen LogP contribution in [0.5, 0.6) is 0 Å². The number of oxazole rings is 1. The molecule has 1 aromatic heterocycles. The first kappa shape index (κ1) is 13.4. The van der Waals surface area contributed by atoms with E-state index in [1.54, 1.807) is 0 Å². The zero-order valence-electron chi connectivity index (χ0n) is 12.2. The van der Waals surface area contributed by atoms with Crippen LogP contribution in [-0.4, -0.2) is 10.9 Å². The monoisotopic (exact) mass is 280 g/mol. The largest absolute Gasteiger partial charge is 0.436 e. The molecule has 0 fully saturated rings. The molecule has 0 bridgehead atoms. The van der Waals surface area contributed by atoms with Crippen molar-refractivity contribution in [2.24, 2.45) is 0 Å². The Kier molecular flexibility index (Phi) is 3.22. The SMILES string of the molecule is CC(=O)Nc1cccc(-c2nc3cc(C)ccc3o2)c1C. The average molecular weight is 280 g/mol. The maximum atomic E-state index is 11.2. The van der Waals surface area contributed by atoms with Crippen molar-refractivity contribution in [3.63, 3.8) is 0 Å². The first-order valence-electron chi connectivity index (χ1n) is 6.79. The van der Waals surface area contributed by atoms with Gasteiger partial charge in [-0.1, -0.05) is 12.1 Å². The van der Waals surface area contributed by atoms with Gasteiger partial charge in [0.05, 0.1) is 0 Å². The first-order chi connectivity index (χ1) is 10.0. The number of carbonyl (C=O) groups excluding carboxylic acids is 1. The summed E-state index contributed by atoms with van der Waals surface area (Å²) in [6, 6.07) is 11.6. The number of amides is 1. The lowest BCUT2D eigenvalue weighted by atomic mass is 10.1. The van der Waals surface area contributed by atoms with Gasteiger partial charge in [0, 0.05) is 18.2 Å². The van der Waals surface area contributed by atoms with Crippen LogP contribution < -0.4 is 5.32 Å². The van der Waals surface area contributed by atoms with E-state index >= 15 is 0 Å². The Morgan fingerprint density at radius 3 is 2.76 bits per heavy atom. The molecule has 4 heteroatoms. The second-order valence-electron chi connectivity index (χ2n) is 5.15. The van der Waals surface area contributed by atoms with Crippen LogP contribution in [0.4, 0.5) is 5.69 Å². The fourth-order valence-corrected chi connectivity index (χ4v) is 2.35. The second kappa shape index (κ2) is 5.05. The number of aryl methyl sites for hydroxylation is 1. The molecule has 0 unspecified atom stereocenters. The molecule has 0 atom stereocenters. The van der Waals surface area contributed by atoms with Crippen LogP contribution in [0, 0.1) is 13.8 Å². The summed E-state index contributed by atoms with van der Waals surface area (Å²) in [5.74, 6) is 0.476. The van der Waals surface area contributed by atoms with Crippen molar-refractivity contribution in [1.82, 2.24) is 4.98 Å². The number of anilines is 1. The van der Waals surface area contributed by atoms with Crippen LogP contribution in [0.2, 0.25) is 0 Å². The lowest BCUT2D eigenvalue weighted by molar-refractivity contribution is -0.114. The number of hydrogen-bond donors (Lipinski definition) is 1. The number of nitrogens with zero attached hydrogens (tertiary/aromatic N) is 1. The molecule has 3 aromatic rings. The van der Waals surface area contributed by atoms with Gasteiger partial charge in [0.2, 0.25) is 11.8 Å². The minimum Gasteiger partial charge on any atom is -0.436 e. The average Bonchev–Trinajstić information content (AvgIpc) is 2.83. The van der Waals surface area contributed by atoms with Crippen molar-refractivity contribution in [2.45, 2.75) is 20.8 Å². The zero-order chi connectivity index (χ0) is 15.0. The predicted octanol–water partition coefficient (Wildman–Crippen LogP) is 4.07. The normalized spacial score (nSPS) is 10.8. The number of carbonyl (C=O) groups is 1. The highest BCUT2D eigenvalue weighted by Crippen LogP contribution is 2.30. The zero-order valence-corrected chi connectivity index (χ0v) is 12.2. The number of nitrogens with one attached hydrogen (secondary N) is 1. The predicted molar refractivity (Wildman–Crippen MR) is 83.2 cm³/mol. The van der Waals surface area contributed by atoms with Crippen molar-refractivity contribution in [3.8, 4) is 11.5 Å². The highest BCUT2D eigenvalue weighted by Gasteiger charge is 2.13. The Bertz CT molecular complexity index is 834. The van der Waals surface area contributed by atoms with Crippen LogP contribution in [0.3, 0.4) is 0 Å². The molecule has 0 aliphatic rings. The van der Waals surface area contributed by atoms with Crippen molar-refractivity contribution < 1.29 is 9.21 Å². The van der Waals surface area contributed by atoms with E-state index in [1.165, 1.54) is 6.92 Å². The smallest absolute Gasteiger partial charge is 0.227 e. The van der Waals surface area contributed by atoms with Crippen LogP contribution in [0.15, 0.2) is 40.8 Å². The van der Waals surface area contributed by atoms with Gasteiger partial charge in [0.25, 0.3) is 0 Å². The molecule has 0 saturated carbocycles. The van der Waals surface area contributed by atoms with Gasteiger partial charge in [-0.3, -0.25) is 4.79 Å². The minimum absolute atomic E-state index is 0.0940. The van der Waals surface area contributed by atoms with Gasteiger partial charge in [-0.15, -0.1) is 0 Å². The summed E-state index contributed by atoms with van der Waals surface area (Å²) in [7, 11) is 0. The molecule has 3 rings (SSSR count). The highest BCUT2D eigenvalue weighted by atomic mass is 16.3. The van der Waals surface area contributed by atoms with Crippen molar-refractivity contribution in [3.05, 3.63) is 47.5 Å². The summed E-state index contributed by atoms with van der Waals surface area (Å²) in [6.07, 6.45) is 0. The van der Waals surface area contributed by atoms with Gasteiger partial charge in [-0.2, -0.15) is 0 Å². The van der Waals surface area contributed by atoms with Gasteiger partial charge < -0.3 is 9.73 Å². The molecule has 106 valence electrons. The lowest BCUT2D eigenvalue weighted by Gasteiger charge is -2.09. The molecule has 4 nitrogen and oxygen atoms in total. The molecule has 2 aromatic carbocycles. The summed E-state index contributed by atoms with van der Waals surface area (Å²) in [5, 5.41) is 2.82. The van der Waals surface area contributed by atoms with Crippen LogP contribution in [0.1, 0.15) is 18.1 Å². The Hall–Kier alpha value is -2.62. The molecule has 0 aliphatic carbocycles. The highest BCUT2D eigenvalue weighted by molar-refractivity contribution is 5.91. The van der Waals surface area contributed by atoms with E-state index in [4.69, 9.17) is 4.42 Å². The van der Waals surface area contributed by atoms with E-state index in [2.05, 4.69) is 10.3 Å². The number of fused-ring (bicyclic) bond motifs is 1. The van der Waals surface area contributed by atoms with Gasteiger partial charge in [0.15, 0.2) is 5.58 Å². The Balaban J connectivity index is 2.11. The van der Waals surface area contributed by atoms with E-state index < -0.39 is 0 Å². The molecule has 1 amide bonds. The Morgan fingerprint density at radius 1 is 1.19 bits per heavy atom. The fraction of sp³-hybridized carbons (Fsp3) is 0.176. The van der Waals surface area contributed by atoms with E-state index in [0.717, 1.165) is 33.5 Å². The molecule has 0 radical (unpaired) electrons. The van der Waals surface area contributed by atoms with Gasteiger partial charge in [0.1, 0.15) is 5.52 Å². The van der Waals surface area contributed by atoms with Crippen LogP contribution >= 0.6 is 0 Å². The van der Waals surface area contributed by atoms with E-state index in [0.29, 0.717) is 5.89 Å². The summed E-state index contributed by atoms with van der Waals surface area (Å²) in [6.45, 7) is 5.46. The van der Waals surface area contributed by atoms with Gasteiger partial charge in [-0.05, 0) is 49.2 Å². The number of aromatic nitrogens is 1. The van der Waals surface area contributed by atoms with E-state index in [9.17, 15) is 4.79 Å². The maximum Gasteiger partial charge on any atom is 0.227 e. The second-order valence-corrected chi connectivity index (χ2v) is 5.15. The van der Waals surface area contributed by atoms with Crippen LogP contribution in [-0.2, 0) is 4.79 Å². The van der Waals surface area contributed by atoms with Crippen molar-refractivity contribution in [2.75, 3.05) is 5.32 Å². The molecule has 0 aliphatic heterocycles. The van der Waals surface area contributed by atoms with Gasteiger partial charge >= 0.3 is 0 Å². The van der Waals surface area contributed by atoms with E-state index in [1.807, 2.05) is 50.2 Å². The number of rotatable bonds is 2. The maximum absolute atomic E-state index is 11.2. The molecule has 0 spiro atoms. The number of hydrogen-bond acceptors (Lipinski definition) is 3. The van der Waals surface area contributed by atoms with Crippen LogP contribution in [0.25, 0.3) is 22.6 Å². The van der Waals surface area contributed by atoms with Gasteiger partial charge in [-0.25, -0.2) is 4.98 Å². The third-order valence-corrected chi connectivity index (χ3v) is 3.42. The molecular weight excluding hydrogens is 264 g/mol. The lowest BCUT2D eigenvalue weighted by Crippen LogP contribution is -2.07. The first-order valence-corrected chi connectivity index (χ1v) is 6.79. The summed E-state index contributed by atoms with van der Waals surface area (Å²) < 4.78 is 5.83. The fourth-order valence-electron chi connectivity index (χ4n) is 2.35. The quantitative estimate of drug-likeness (QED) is 0.769. The topological polar surface area (TPSA) is 55.1 Å². The summed E-state index contributed by atoms with van der Waals surface area (Å²) in [4.78, 5) is 15.8. The summed E-state index contributed by atoms with van der Waals surface area (Å²) >= 11 is 0. The number of benzene rings is 2. The van der Waals surface area contributed by atoms with Crippen molar-refractivity contribution in [1.29, 1.82) is 0 Å². The molecule has 0 saturated heterocycles. The molecule has 1 heterocycles. The third-order valence-electron chi connectivity index (χ3n) is 3.42. The third kappa shape index (κ3) is 2.52. The van der Waals surface area contributed by atoms with Crippen molar-refractivity contribution >= 4 is 22.7 Å². The molecule has 1 N–H and O–H groups in total. The standard InChI is InChI=1S/C17H16N2O2/c1-10-7-8-16-15(9-10)19-17(21-16)13-5-4-6-14(11(13)2)18-12(3)20/h4-9H,1-3H3,(H,18,20). The summed E-state index contributed by atoms with van der Waals surface area (Å²) in [5.41, 5.74) is 5.35. The van der Waals surface area contributed by atoms with E-state index in [-0.39, 0.29) is 5.91 Å². The Morgan fingerprint density at radius 2 is 2.00 bits per heavy atom.